The maximum atomic E-state index is 11.8. The maximum Gasteiger partial charge on any atom is 0.251 e. The summed E-state index contributed by atoms with van der Waals surface area (Å²) in [6.07, 6.45) is 2.49. The van der Waals surface area contributed by atoms with Crippen LogP contribution in [0, 0.1) is 11.5 Å². The number of hydrogen-bond donors (Lipinski definition) is 3. The normalized spacial score (nSPS) is 10.6. The Labute approximate surface area is 122 Å². The molecule has 0 aliphatic heterocycles. The fourth-order valence-electron chi connectivity index (χ4n) is 1.46. The molecule has 1 aromatic rings. The lowest BCUT2D eigenvalue weighted by Crippen LogP contribution is -2.36. The molecular formula is C13H16ClN5O. The second kappa shape index (κ2) is 8.77. The SMILES string of the molecule is CN=C(NC#N)NCCCNC(=O)c1cccc(Cl)c1. The van der Waals surface area contributed by atoms with Crippen LogP contribution in [0.25, 0.3) is 0 Å². The topological polar surface area (TPSA) is 89.3 Å². The summed E-state index contributed by atoms with van der Waals surface area (Å²) in [7, 11) is 1.58. The van der Waals surface area contributed by atoms with Gasteiger partial charge in [-0.15, -0.1) is 0 Å². The van der Waals surface area contributed by atoms with Gasteiger partial charge in [0.2, 0.25) is 5.96 Å². The van der Waals surface area contributed by atoms with E-state index in [9.17, 15) is 4.79 Å². The Kier molecular flexibility index (Phi) is 6.93. The van der Waals surface area contributed by atoms with Crippen molar-refractivity contribution in [1.29, 1.82) is 5.26 Å². The smallest absolute Gasteiger partial charge is 0.251 e. The molecule has 0 bridgehead atoms. The van der Waals surface area contributed by atoms with Crippen molar-refractivity contribution >= 4 is 23.5 Å². The predicted octanol–water partition coefficient (Wildman–Crippen LogP) is 1.11. The molecule has 0 heterocycles. The molecule has 0 fully saturated rings. The number of nitrogens with one attached hydrogen (secondary N) is 3. The second-order valence-corrected chi connectivity index (χ2v) is 4.29. The van der Waals surface area contributed by atoms with Crippen LogP contribution in [-0.4, -0.2) is 32.0 Å². The number of nitriles is 1. The van der Waals surface area contributed by atoms with E-state index in [1.165, 1.54) is 0 Å². The Morgan fingerprint density at radius 2 is 2.15 bits per heavy atom. The van der Waals surface area contributed by atoms with E-state index in [1.54, 1.807) is 37.5 Å². The third kappa shape index (κ3) is 5.59. The predicted molar refractivity (Wildman–Crippen MR) is 78.5 cm³/mol. The third-order valence-electron chi connectivity index (χ3n) is 2.42. The van der Waals surface area contributed by atoms with Crippen molar-refractivity contribution in [2.75, 3.05) is 20.1 Å². The van der Waals surface area contributed by atoms with E-state index in [4.69, 9.17) is 16.9 Å². The molecule has 0 spiro atoms. The number of carbonyl (C=O) groups excluding carboxylic acids is 1. The molecule has 0 atom stereocenters. The van der Waals surface area contributed by atoms with Crippen molar-refractivity contribution in [2.45, 2.75) is 6.42 Å². The van der Waals surface area contributed by atoms with Gasteiger partial charge >= 0.3 is 0 Å². The van der Waals surface area contributed by atoms with Gasteiger partial charge in [-0.3, -0.25) is 15.1 Å². The minimum absolute atomic E-state index is 0.160. The van der Waals surface area contributed by atoms with Crippen LogP contribution < -0.4 is 16.0 Å². The van der Waals surface area contributed by atoms with Gasteiger partial charge in [-0.05, 0) is 24.6 Å². The lowest BCUT2D eigenvalue weighted by molar-refractivity contribution is 0.0953. The quantitative estimate of drug-likeness (QED) is 0.249. The van der Waals surface area contributed by atoms with E-state index in [-0.39, 0.29) is 5.91 Å². The first kappa shape index (κ1) is 15.8. The van der Waals surface area contributed by atoms with E-state index in [1.807, 2.05) is 0 Å². The number of benzene rings is 1. The summed E-state index contributed by atoms with van der Waals surface area (Å²) in [5.41, 5.74) is 0.535. The number of nitrogens with zero attached hydrogens (tertiary/aromatic N) is 2. The lowest BCUT2D eigenvalue weighted by Gasteiger charge is -2.08. The summed E-state index contributed by atoms with van der Waals surface area (Å²) in [6, 6.07) is 6.78. The minimum atomic E-state index is -0.160. The van der Waals surface area contributed by atoms with Crippen LogP contribution in [0.5, 0.6) is 0 Å². The van der Waals surface area contributed by atoms with E-state index in [0.29, 0.717) is 36.1 Å². The standard InChI is InChI=1S/C13H16ClN5O/c1-16-13(19-9-15)18-7-3-6-17-12(20)10-4-2-5-11(14)8-10/h2,4-5,8H,3,6-7H2,1H3,(H,17,20)(H2,16,18,19). The summed E-state index contributed by atoms with van der Waals surface area (Å²) >= 11 is 5.82. The van der Waals surface area contributed by atoms with E-state index < -0.39 is 0 Å². The molecule has 0 saturated carbocycles. The average Bonchev–Trinajstić information content (AvgIpc) is 2.45. The summed E-state index contributed by atoms with van der Waals surface area (Å²) in [5.74, 6) is 0.251. The Bertz CT molecular complexity index is 524. The van der Waals surface area contributed by atoms with E-state index in [2.05, 4.69) is 20.9 Å². The van der Waals surface area contributed by atoms with E-state index in [0.717, 1.165) is 0 Å². The number of hydrogen-bond acceptors (Lipinski definition) is 3. The van der Waals surface area contributed by atoms with Crippen LogP contribution >= 0.6 is 11.6 Å². The molecule has 0 radical (unpaired) electrons. The van der Waals surface area contributed by atoms with Crippen LogP contribution in [0.1, 0.15) is 16.8 Å². The van der Waals surface area contributed by atoms with Crippen molar-refractivity contribution in [3.8, 4) is 6.19 Å². The summed E-state index contributed by atoms with van der Waals surface area (Å²) in [6.45, 7) is 1.11. The molecule has 0 aromatic heterocycles. The highest BCUT2D eigenvalue weighted by Gasteiger charge is 2.04. The number of rotatable bonds is 5. The van der Waals surface area contributed by atoms with Crippen molar-refractivity contribution in [3.63, 3.8) is 0 Å². The number of aliphatic imine (C=N–C) groups is 1. The third-order valence-corrected chi connectivity index (χ3v) is 2.65. The van der Waals surface area contributed by atoms with Gasteiger partial charge in [-0.25, -0.2) is 0 Å². The molecule has 1 amide bonds. The fourth-order valence-corrected chi connectivity index (χ4v) is 1.65. The average molecular weight is 294 g/mol. The van der Waals surface area contributed by atoms with Crippen LogP contribution in [0.4, 0.5) is 0 Å². The molecule has 1 aromatic carbocycles. The lowest BCUT2D eigenvalue weighted by atomic mass is 10.2. The van der Waals surface area contributed by atoms with Crippen molar-refractivity contribution in [1.82, 2.24) is 16.0 Å². The summed E-state index contributed by atoms with van der Waals surface area (Å²) in [5, 5.41) is 17.1. The van der Waals surface area contributed by atoms with Gasteiger partial charge in [0.15, 0.2) is 6.19 Å². The maximum absolute atomic E-state index is 11.8. The van der Waals surface area contributed by atoms with Crippen molar-refractivity contribution in [2.24, 2.45) is 4.99 Å². The molecule has 3 N–H and O–H groups in total. The first-order valence-electron chi connectivity index (χ1n) is 6.07. The first-order chi connectivity index (χ1) is 9.67. The van der Waals surface area contributed by atoms with Gasteiger partial charge in [0, 0.05) is 30.7 Å². The molecule has 0 unspecified atom stereocenters. The van der Waals surface area contributed by atoms with Crippen LogP contribution in [0.15, 0.2) is 29.3 Å². The molecule has 0 aliphatic rings. The molecule has 106 valence electrons. The van der Waals surface area contributed by atoms with E-state index >= 15 is 0 Å². The molecular weight excluding hydrogens is 278 g/mol. The molecule has 0 saturated heterocycles. The molecule has 0 aliphatic carbocycles. The van der Waals surface area contributed by atoms with Gasteiger partial charge in [-0.1, -0.05) is 17.7 Å². The number of halogens is 1. The Morgan fingerprint density at radius 1 is 1.40 bits per heavy atom. The van der Waals surface area contributed by atoms with Crippen LogP contribution in [0.3, 0.4) is 0 Å². The second-order valence-electron chi connectivity index (χ2n) is 3.86. The number of amides is 1. The highest BCUT2D eigenvalue weighted by molar-refractivity contribution is 6.30. The van der Waals surface area contributed by atoms with Gasteiger partial charge in [0.25, 0.3) is 5.91 Å². The highest BCUT2D eigenvalue weighted by atomic mass is 35.5. The Balaban J connectivity index is 2.25. The van der Waals surface area contributed by atoms with Gasteiger partial charge in [0.1, 0.15) is 0 Å². The monoisotopic (exact) mass is 293 g/mol. The van der Waals surface area contributed by atoms with Crippen molar-refractivity contribution < 1.29 is 4.79 Å². The zero-order valence-corrected chi connectivity index (χ0v) is 11.9. The van der Waals surface area contributed by atoms with Crippen molar-refractivity contribution in [3.05, 3.63) is 34.9 Å². The van der Waals surface area contributed by atoms with Crippen LogP contribution in [0.2, 0.25) is 5.02 Å². The van der Waals surface area contributed by atoms with Crippen LogP contribution in [-0.2, 0) is 0 Å². The van der Waals surface area contributed by atoms with Gasteiger partial charge < -0.3 is 10.6 Å². The summed E-state index contributed by atoms with van der Waals surface area (Å²) in [4.78, 5) is 15.6. The zero-order chi connectivity index (χ0) is 14.8. The minimum Gasteiger partial charge on any atom is -0.356 e. The molecule has 20 heavy (non-hydrogen) atoms. The largest absolute Gasteiger partial charge is 0.356 e. The first-order valence-corrected chi connectivity index (χ1v) is 6.44. The molecule has 6 nitrogen and oxygen atoms in total. The Hall–Kier alpha value is -2.26. The highest BCUT2D eigenvalue weighted by Crippen LogP contribution is 2.10. The van der Waals surface area contributed by atoms with Gasteiger partial charge in [0.05, 0.1) is 0 Å². The Morgan fingerprint density at radius 3 is 2.80 bits per heavy atom. The zero-order valence-electron chi connectivity index (χ0n) is 11.1. The molecule has 7 heteroatoms. The molecule has 1 rings (SSSR count). The van der Waals surface area contributed by atoms with Gasteiger partial charge in [-0.2, -0.15) is 5.26 Å². The summed E-state index contributed by atoms with van der Waals surface area (Å²) < 4.78 is 0. The number of guanidine groups is 1. The number of carbonyl (C=O) groups is 1. The fraction of sp³-hybridized carbons (Fsp3) is 0.308.